The lowest BCUT2D eigenvalue weighted by molar-refractivity contribution is 0.263. The fourth-order valence-corrected chi connectivity index (χ4v) is 2.82. The molecule has 0 radical (unpaired) electrons. The fraction of sp³-hybridized carbons (Fsp3) is 0.538. The summed E-state index contributed by atoms with van der Waals surface area (Å²) < 4.78 is 36.9. The number of benzene rings is 1. The predicted molar refractivity (Wildman–Crippen MR) is 75.6 cm³/mol. The second-order valence-electron chi connectivity index (χ2n) is 4.49. The first-order valence-corrected chi connectivity index (χ1v) is 7.75. The van der Waals surface area contributed by atoms with Crippen LogP contribution in [0.4, 0.5) is 0 Å². The lowest BCUT2D eigenvalue weighted by atomic mass is 10.1. The van der Waals surface area contributed by atoms with Crippen LogP contribution in [-0.2, 0) is 10.0 Å². The Labute approximate surface area is 119 Å². The first-order valence-electron chi connectivity index (χ1n) is 6.27. The SMILES string of the molecule is COc1ccc(S(=O)(=O)NCC(C)CCO)cc1OC. The summed E-state index contributed by atoms with van der Waals surface area (Å²) in [5.74, 6) is 0.897. The lowest BCUT2D eigenvalue weighted by Gasteiger charge is -2.13. The molecule has 0 amide bonds. The number of hydrogen-bond acceptors (Lipinski definition) is 5. The van der Waals surface area contributed by atoms with Crippen molar-refractivity contribution in [3.63, 3.8) is 0 Å². The van der Waals surface area contributed by atoms with Crippen molar-refractivity contribution < 1.29 is 23.0 Å². The van der Waals surface area contributed by atoms with Crippen molar-refractivity contribution in [2.75, 3.05) is 27.4 Å². The third-order valence-corrected chi connectivity index (χ3v) is 4.33. The van der Waals surface area contributed by atoms with E-state index >= 15 is 0 Å². The lowest BCUT2D eigenvalue weighted by Crippen LogP contribution is -2.28. The smallest absolute Gasteiger partial charge is 0.240 e. The Morgan fingerprint density at radius 2 is 1.90 bits per heavy atom. The van der Waals surface area contributed by atoms with Gasteiger partial charge in [0.2, 0.25) is 10.0 Å². The second kappa shape index (κ2) is 7.47. The average molecular weight is 303 g/mol. The number of aliphatic hydroxyl groups excluding tert-OH is 1. The van der Waals surface area contributed by atoms with E-state index in [0.717, 1.165) is 0 Å². The Morgan fingerprint density at radius 1 is 1.25 bits per heavy atom. The van der Waals surface area contributed by atoms with E-state index < -0.39 is 10.0 Å². The minimum absolute atomic E-state index is 0.0409. The minimum Gasteiger partial charge on any atom is -0.493 e. The van der Waals surface area contributed by atoms with Crippen LogP contribution in [0.25, 0.3) is 0 Å². The van der Waals surface area contributed by atoms with Gasteiger partial charge in [-0.05, 0) is 24.5 Å². The highest BCUT2D eigenvalue weighted by molar-refractivity contribution is 7.89. The van der Waals surface area contributed by atoms with E-state index in [9.17, 15) is 8.42 Å². The molecule has 20 heavy (non-hydrogen) atoms. The van der Waals surface area contributed by atoms with Crippen molar-refractivity contribution in [3.05, 3.63) is 18.2 Å². The summed E-state index contributed by atoms with van der Waals surface area (Å²) >= 11 is 0. The zero-order valence-corrected chi connectivity index (χ0v) is 12.7. The van der Waals surface area contributed by atoms with Crippen molar-refractivity contribution >= 4 is 10.0 Å². The van der Waals surface area contributed by atoms with E-state index in [1.165, 1.54) is 26.4 Å². The molecule has 0 aliphatic heterocycles. The highest BCUT2D eigenvalue weighted by atomic mass is 32.2. The summed E-state index contributed by atoms with van der Waals surface area (Å²) in [6, 6.07) is 4.42. The maximum atomic E-state index is 12.1. The maximum absolute atomic E-state index is 12.1. The summed E-state index contributed by atoms with van der Waals surface area (Å²) in [5, 5.41) is 8.80. The highest BCUT2D eigenvalue weighted by Gasteiger charge is 2.17. The molecule has 0 heterocycles. The molecule has 1 unspecified atom stereocenters. The molecule has 1 aromatic rings. The predicted octanol–water partition coefficient (Wildman–Crippen LogP) is 1.00. The summed E-state index contributed by atoms with van der Waals surface area (Å²) in [5.41, 5.74) is 0. The van der Waals surface area contributed by atoms with Crippen LogP contribution >= 0.6 is 0 Å². The van der Waals surface area contributed by atoms with Crippen LogP contribution in [0.3, 0.4) is 0 Å². The molecule has 0 fully saturated rings. The Balaban J connectivity index is 2.87. The van der Waals surface area contributed by atoms with Crippen molar-refractivity contribution in [1.29, 1.82) is 0 Å². The molecule has 1 rings (SSSR count). The molecule has 0 aliphatic rings. The molecular weight excluding hydrogens is 282 g/mol. The van der Waals surface area contributed by atoms with Gasteiger partial charge in [0.05, 0.1) is 19.1 Å². The normalized spacial score (nSPS) is 13.0. The molecule has 2 N–H and O–H groups in total. The van der Waals surface area contributed by atoms with Gasteiger partial charge in [0.1, 0.15) is 0 Å². The van der Waals surface area contributed by atoms with Crippen molar-refractivity contribution in [1.82, 2.24) is 4.72 Å². The number of aliphatic hydroxyl groups is 1. The number of rotatable bonds is 8. The molecule has 0 aromatic heterocycles. The first kappa shape index (κ1) is 16.7. The van der Waals surface area contributed by atoms with Gasteiger partial charge in [0.15, 0.2) is 11.5 Å². The standard InChI is InChI=1S/C13H21NO5S/c1-10(6-7-15)9-14-20(16,17)11-4-5-12(18-2)13(8-11)19-3/h4-5,8,10,14-15H,6-7,9H2,1-3H3. The van der Waals surface area contributed by atoms with Gasteiger partial charge in [0.25, 0.3) is 0 Å². The molecule has 0 saturated heterocycles. The zero-order valence-electron chi connectivity index (χ0n) is 11.9. The van der Waals surface area contributed by atoms with E-state index in [4.69, 9.17) is 14.6 Å². The quantitative estimate of drug-likeness (QED) is 0.748. The molecule has 6 nitrogen and oxygen atoms in total. The van der Waals surface area contributed by atoms with E-state index in [1.807, 2.05) is 6.92 Å². The number of methoxy groups -OCH3 is 2. The van der Waals surface area contributed by atoms with Gasteiger partial charge in [-0.2, -0.15) is 0 Å². The van der Waals surface area contributed by atoms with E-state index in [1.54, 1.807) is 6.07 Å². The van der Waals surface area contributed by atoms with Crippen LogP contribution in [0.5, 0.6) is 11.5 Å². The monoisotopic (exact) mass is 303 g/mol. The summed E-state index contributed by atoms with van der Waals surface area (Å²) in [6.45, 7) is 2.18. The van der Waals surface area contributed by atoms with Gasteiger partial charge in [-0.15, -0.1) is 0 Å². The molecule has 114 valence electrons. The summed E-state index contributed by atoms with van der Waals surface area (Å²) in [7, 11) is -0.662. The van der Waals surface area contributed by atoms with Crippen LogP contribution < -0.4 is 14.2 Å². The number of hydrogen-bond donors (Lipinski definition) is 2. The Kier molecular flexibility index (Phi) is 6.25. The third-order valence-electron chi connectivity index (χ3n) is 2.91. The number of ether oxygens (including phenoxy) is 2. The van der Waals surface area contributed by atoms with Crippen LogP contribution in [0.2, 0.25) is 0 Å². The number of sulfonamides is 1. The van der Waals surface area contributed by atoms with Crippen molar-refractivity contribution in [2.24, 2.45) is 5.92 Å². The summed E-state index contributed by atoms with van der Waals surface area (Å²) in [4.78, 5) is 0.117. The third kappa shape index (κ3) is 4.36. The van der Waals surface area contributed by atoms with Gasteiger partial charge in [-0.25, -0.2) is 13.1 Å². The van der Waals surface area contributed by atoms with Crippen LogP contribution in [-0.4, -0.2) is 40.9 Å². The van der Waals surface area contributed by atoms with Gasteiger partial charge in [-0.3, -0.25) is 0 Å². The largest absolute Gasteiger partial charge is 0.493 e. The topological polar surface area (TPSA) is 84.9 Å². The zero-order chi connectivity index (χ0) is 15.2. The van der Waals surface area contributed by atoms with Gasteiger partial charge < -0.3 is 14.6 Å². The fourth-order valence-electron chi connectivity index (χ4n) is 1.64. The highest BCUT2D eigenvalue weighted by Crippen LogP contribution is 2.29. The molecule has 0 spiro atoms. The Hall–Kier alpha value is -1.31. The van der Waals surface area contributed by atoms with E-state index in [2.05, 4.69) is 4.72 Å². The van der Waals surface area contributed by atoms with E-state index in [0.29, 0.717) is 17.9 Å². The second-order valence-corrected chi connectivity index (χ2v) is 6.25. The number of nitrogens with one attached hydrogen (secondary N) is 1. The molecule has 0 bridgehead atoms. The van der Waals surface area contributed by atoms with Crippen LogP contribution in [0.15, 0.2) is 23.1 Å². The average Bonchev–Trinajstić information content (AvgIpc) is 2.44. The Bertz CT molecular complexity index is 530. The van der Waals surface area contributed by atoms with Gasteiger partial charge in [0, 0.05) is 19.2 Å². The molecule has 0 saturated carbocycles. The van der Waals surface area contributed by atoms with Gasteiger partial charge >= 0.3 is 0 Å². The minimum atomic E-state index is -3.60. The molecule has 7 heteroatoms. The Morgan fingerprint density at radius 3 is 2.45 bits per heavy atom. The van der Waals surface area contributed by atoms with Crippen molar-refractivity contribution in [3.8, 4) is 11.5 Å². The van der Waals surface area contributed by atoms with Crippen LogP contribution in [0, 0.1) is 5.92 Å². The van der Waals surface area contributed by atoms with Crippen molar-refractivity contribution in [2.45, 2.75) is 18.2 Å². The first-order chi connectivity index (χ1) is 9.44. The molecular formula is C13H21NO5S. The maximum Gasteiger partial charge on any atom is 0.240 e. The molecule has 1 atom stereocenters. The molecule has 1 aromatic carbocycles. The van der Waals surface area contributed by atoms with Gasteiger partial charge in [-0.1, -0.05) is 6.92 Å². The van der Waals surface area contributed by atoms with E-state index in [-0.39, 0.29) is 24.0 Å². The van der Waals surface area contributed by atoms with Crippen LogP contribution in [0.1, 0.15) is 13.3 Å². The molecule has 0 aliphatic carbocycles. The summed E-state index contributed by atoms with van der Waals surface area (Å²) in [6.07, 6.45) is 0.550.